The van der Waals surface area contributed by atoms with Crippen LogP contribution in [0.5, 0.6) is 0 Å². The lowest BCUT2D eigenvalue weighted by molar-refractivity contribution is 0.610. The highest BCUT2D eigenvalue weighted by Crippen LogP contribution is 2.27. The van der Waals surface area contributed by atoms with Gasteiger partial charge in [0, 0.05) is 19.6 Å². The molecule has 0 bridgehead atoms. The Bertz CT molecular complexity index is 350. The average Bonchev–Trinajstić information content (AvgIpc) is 2.28. The van der Waals surface area contributed by atoms with Crippen molar-refractivity contribution in [1.82, 2.24) is 0 Å². The van der Waals surface area contributed by atoms with Crippen molar-refractivity contribution < 1.29 is 4.39 Å². The van der Waals surface area contributed by atoms with Crippen molar-refractivity contribution in [3.05, 3.63) is 29.6 Å². The van der Waals surface area contributed by atoms with E-state index < -0.39 is 0 Å². The molecule has 1 rings (SSSR count). The molecule has 0 fully saturated rings. The Morgan fingerprint density at radius 3 is 2.65 bits per heavy atom. The standard InChI is InChI=1S/C14H23FN2/c1-4-5-6-10-17(3)14-12(11(2)16)8-7-9-13(14)15/h7-9,11H,4-6,10,16H2,1-3H3. The maximum absolute atomic E-state index is 13.9. The Hall–Kier alpha value is -1.09. The lowest BCUT2D eigenvalue weighted by Crippen LogP contribution is -2.23. The number of halogens is 1. The molecule has 1 aromatic carbocycles. The number of hydrogen-bond acceptors (Lipinski definition) is 2. The number of nitrogens with two attached hydrogens (primary N) is 1. The van der Waals surface area contributed by atoms with Crippen molar-refractivity contribution in [3.8, 4) is 0 Å². The van der Waals surface area contributed by atoms with E-state index in [1.807, 2.05) is 24.9 Å². The zero-order valence-corrected chi connectivity index (χ0v) is 11.0. The van der Waals surface area contributed by atoms with Gasteiger partial charge in [0.05, 0.1) is 5.69 Å². The third-order valence-corrected chi connectivity index (χ3v) is 2.99. The zero-order valence-electron chi connectivity index (χ0n) is 11.0. The molecule has 2 nitrogen and oxygen atoms in total. The molecule has 17 heavy (non-hydrogen) atoms. The van der Waals surface area contributed by atoms with Crippen LogP contribution in [0.3, 0.4) is 0 Å². The normalized spacial score (nSPS) is 12.5. The molecule has 1 atom stereocenters. The summed E-state index contributed by atoms with van der Waals surface area (Å²) in [4.78, 5) is 1.98. The van der Waals surface area contributed by atoms with Gasteiger partial charge in [-0.15, -0.1) is 0 Å². The Kier molecular flexibility index (Phi) is 5.42. The summed E-state index contributed by atoms with van der Waals surface area (Å²) < 4.78 is 13.9. The molecule has 0 heterocycles. The van der Waals surface area contributed by atoms with E-state index in [4.69, 9.17) is 5.73 Å². The van der Waals surface area contributed by atoms with Crippen LogP contribution in [-0.2, 0) is 0 Å². The molecule has 0 aliphatic heterocycles. The van der Waals surface area contributed by atoms with Gasteiger partial charge in [0.1, 0.15) is 5.82 Å². The van der Waals surface area contributed by atoms with Crippen molar-refractivity contribution in [2.75, 3.05) is 18.5 Å². The van der Waals surface area contributed by atoms with Gasteiger partial charge in [0.25, 0.3) is 0 Å². The second-order valence-electron chi connectivity index (χ2n) is 4.60. The molecule has 0 aromatic heterocycles. The largest absolute Gasteiger partial charge is 0.372 e. The fourth-order valence-corrected chi connectivity index (χ4v) is 2.01. The summed E-state index contributed by atoms with van der Waals surface area (Å²) in [5.41, 5.74) is 7.41. The maximum atomic E-state index is 13.9. The maximum Gasteiger partial charge on any atom is 0.146 e. The quantitative estimate of drug-likeness (QED) is 0.769. The van der Waals surface area contributed by atoms with E-state index in [9.17, 15) is 4.39 Å². The summed E-state index contributed by atoms with van der Waals surface area (Å²) in [6.45, 7) is 4.92. The Balaban J connectivity index is 2.87. The number of nitrogens with zero attached hydrogens (tertiary/aromatic N) is 1. The van der Waals surface area contributed by atoms with Crippen LogP contribution in [0.1, 0.15) is 44.7 Å². The zero-order chi connectivity index (χ0) is 12.8. The van der Waals surface area contributed by atoms with Crippen molar-refractivity contribution in [1.29, 1.82) is 0 Å². The third kappa shape index (κ3) is 3.70. The van der Waals surface area contributed by atoms with Crippen molar-refractivity contribution >= 4 is 5.69 Å². The number of benzene rings is 1. The van der Waals surface area contributed by atoms with Gasteiger partial charge in [-0.05, 0) is 25.0 Å². The summed E-state index contributed by atoms with van der Waals surface area (Å²) in [5.74, 6) is -0.182. The van der Waals surface area contributed by atoms with Crippen LogP contribution in [0.2, 0.25) is 0 Å². The number of unbranched alkanes of at least 4 members (excludes halogenated alkanes) is 2. The first kappa shape index (κ1) is 14.0. The number of hydrogen-bond donors (Lipinski definition) is 1. The van der Waals surface area contributed by atoms with Crippen LogP contribution in [0.15, 0.2) is 18.2 Å². The molecule has 0 aliphatic carbocycles. The van der Waals surface area contributed by atoms with E-state index >= 15 is 0 Å². The third-order valence-electron chi connectivity index (χ3n) is 2.99. The van der Waals surface area contributed by atoms with Gasteiger partial charge in [-0.3, -0.25) is 0 Å². The fourth-order valence-electron chi connectivity index (χ4n) is 2.01. The lowest BCUT2D eigenvalue weighted by atomic mass is 10.1. The van der Waals surface area contributed by atoms with Crippen LogP contribution in [-0.4, -0.2) is 13.6 Å². The number of anilines is 1. The van der Waals surface area contributed by atoms with E-state index in [1.165, 1.54) is 18.9 Å². The molecule has 1 aromatic rings. The van der Waals surface area contributed by atoms with Crippen LogP contribution >= 0.6 is 0 Å². The number of rotatable bonds is 6. The topological polar surface area (TPSA) is 29.3 Å². The Labute approximate surface area is 104 Å². The van der Waals surface area contributed by atoms with Gasteiger partial charge in [-0.1, -0.05) is 31.9 Å². The van der Waals surface area contributed by atoms with Gasteiger partial charge in [0.15, 0.2) is 0 Å². The van der Waals surface area contributed by atoms with Gasteiger partial charge in [-0.2, -0.15) is 0 Å². The molecular weight excluding hydrogens is 215 g/mol. The molecule has 1 unspecified atom stereocenters. The first-order chi connectivity index (χ1) is 8.07. The lowest BCUT2D eigenvalue weighted by Gasteiger charge is -2.24. The van der Waals surface area contributed by atoms with Crippen LogP contribution in [0.25, 0.3) is 0 Å². The molecule has 0 saturated carbocycles. The molecule has 0 amide bonds. The number of para-hydroxylation sites is 1. The summed E-state index contributed by atoms with van der Waals surface area (Å²) in [5, 5.41) is 0. The predicted molar refractivity (Wildman–Crippen MR) is 71.8 cm³/mol. The summed E-state index contributed by atoms with van der Waals surface area (Å²) in [7, 11) is 1.93. The molecule has 2 N–H and O–H groups in total. The van der Waals surface area contributed by atoms with E-state index in [2.05, 4.69) is 6.92 Å². The van der Waals surface area contributed by atoms with E-state index in [-0.39, 0.29) is 11.9 Å². The Morgan fingerprint density at radius 2 is 2.06 bits per heavy atom. The molecule has 96 valence electrons. The first-order valence-corrected chi connectivity index (χ1v) is 6.33. The molecule has 3 heteroatoms. The summed E-state index contributed by atoms with van der Waals surface area (Å²) in [6.07, 6.45) is 3.43. The van der Waals surface area contributed by atoms with Gasteiger partial charge in [-0.25, -0.2) is 4.39 Å². The SMILES string of the molecule is CCCCCN(C)c1c(F)cccc1C(C)N. The van der Waals surface area contributed by atoms with Crippen molar-refractivity contribution in [2.45, 2.75) is 39.2 Å². The predicted octanol–water partition coefficient (Wildman–Crippen LogP) is 3.47. The van der Waals surface area contributed by atoms with E-state index in [0.717, 1.165) is 18.5 Å². The highest BCUT2D eigenvalue weighted by molar-refractivity contribution is 5.55. The van der Waals surface area contributed by atoms with Gasteiger partial charge >= 0.3 is 0 Å². The Morgan fingerprint density at radius 1 is 1.35 bits per heavy atom. The minimum absolute atomic E-state index is 0.144. The van der Waals surface area contributed by atoms with Crippen LogP contribution in [0.4, 0.5) is 10.1 Å². The fraction of sp³-hybridized carbons (Fsp3) is 0.571. The second-order valence-corrected chi connectivity index (χ2v) is 4.60. The minimum Gasteiger partial charge on any atom is -0.372 e. The van der Waals surface area contributed by atoms with E-state index in [1.54, 1.807) is 6.07 Å². The first-order valence-electron chi connectivity index (χ1n) is 6.33. The van der Waals surface area contributed by atoms with Crippen LogP contribution in [0, 0.1) is 5.82 Å². The highest BCUT2D eigenvalue weighted by atomic mass is 19.1. The second kappa shape index (κ2) is 6.60. The van der Waals surface area contributed by atoms with Gasteiger partial charge in [0.2, 0.25) is 0 Å². The summed E-state index contributed by atoms with van der Waals surface area (Å²) in [6, 6.07) is 4.98. The van der Waals surface area contributed by atoms with Gasteiger partial charge < -0.3 is 10.6 Å². The van der Waals surface area contributed by atoms with E-state index in [0.29, 0.717) is 5.69 Å². The highest BCUT2D eigenvalue weighted by Gasteiger charge is 2.14. The van der Waals surface area contributed by atoms with Crippen LogP contribution < -0.4 is 10.6 Å². The molecular formula is C14H23FN2. The monoisotopic (exact) mass is 238 g/mol. The van der Waals surface area contributed by atoms with Crippen molar-refractivity contribution in [3.63, 3.8) is 0 Å². The summed E-state index contributed by atoms with van der Waals surface area (Å²) >= 11 is 0. The average molecular weight is 238 g/mol. The van der Waals surface area contributed by atoms with Crippen molar-refractivity contribution in [2.24, 2.45) is 5.73 Å². The smallest absolute Gasteiger partial charge is 0.146 e. The molecule has 0 saturated heterocycles. The molecule has 0 aliphatic rings. The molecule has 0 radical (unpaired) electrons. The molecule has 0 spiro atoms. The minimum atomic E-state index is -0.182.